The fraction of sp³-hybridized carbons (Fsp3) is 0.182. The van der Waals surface area contributed by atoms with E-state index < -0.39 is 5.91 Å². The summed E-state index contributed by atoms with van der Waals surface area (Å²) < 4.78 is 15.4. The van der Waals surface area contributed by atoms with Gasteiger partial charge in [0.15, 0.2) is 0 Å². The number of nitrogens with one attached hydrogen (secondary N) is 1. The van der Waals surface area contributed by atoms with Crippen LogP contribution in [0, 0.1) is 18.3 Å². The summed E-state index contributed by atoms with van der Waals surface area (Å²) in [7, 11) is 0. The molecule has 1 N–H and O–H groups in total. The number of amides is 1. The first-order valence-corrected chi connectivity index (χ1v) is 11.3. The van der Waals surface area contributed by atoms with E-state index in [1.807, 2.05) is 43.5 Å². The topological polar surface area (TPSA) is 97.1 Å². The molecular formula is C22H20N4O3S2. The molecule has 7 nitrogen and oxygen atoms in total. The molecule has 0 fully saturated rings. The van der Waals surface area contributed by atoms with Crippen molar-refractivity contribution in [1.29, 1.82) is 5.26 Å². The third-order valence-corrected chi connectivity index (χ3v) is 5.27. The number of anilines is 1. The maximum Gasteiger partial charge on any atom is 0.268 e. The van der Waals surface area contributed by atoms with E-state index in [0.717, 1.165) is 22.8 Å². The van der Waals surface area contributed by atoms with Crippen LogP contribution in [0.2, 0.25) is 0 Å². The Balaban J connectivity index is 1.52. The molecule has 0 saturated carbocycles. The van der Waals surface area contributed by atoms with Crippen LogP contribution >= 0.6 is 23.3 Å². The van der Waals surface area contributed by atoms with Crippen LogP contribution < -0.4 is 14.8 Å². The molecule has 0 unspecified atom stereocenters. The number of hydrogen-bond donors (Lipinski definition) is 1. The van der Waals surface area contributed by atoms with Gasteiger partial charge in [0.2, 0.25) is 10.3 Å². The summed E-state index contributed by atoms with van der Waals surface area (Å²) in [5.74, 6) is 0.955. The quantitative estimate of drug-likeness (QED) is 0.220. The predicted molar refractivity (Wildman–Crippen MR) is 123 cm³/mol. The van der Waals surface area contributed by atoms with Gasteiger partial charge in [-0.15, -0.1) is 0 Å². The molecule has 1 aromatic heterocycles. The van der Waals surface area contributed by atoms with Crippen molar-refractivity contribution in [2.24, 2.45) is 0 Å². The zero-order valence-electron chi connectivity index (χ0n) is 17.0. The van der Waals surface area contributed by atoms with Crippen LogP contribution in [-0.2, 0) is 4.79 Å². The number of hydrogen-bond acceptors (Lipinski definition) is 8. The molecule has 0 aliphatic carbocycles. The molecule has 2 aromatic carbocycles. The van der Waals surface area contributed by atoms with Crippen molar-refractivity contribution < 1.29 is 14.3 Å². The molecule has 0 saturated heterocycles. The second-order valence-corrected chi connectivity index (χ2v) is 7.82. The summed E-state index contributed by atoms with van der Waals surface area (Å²) in [4.78, 5) is 16.5. The van der Waals surface area contributed by atoms with E-state index in [9.17, 15) is 10.1 Å². The van der Waals surface area contributed by atoms with Gasteiger partial charge in [-0.1, -0.05) is 36.0 Å². The summed E-state index contributed by atoms with van der Waals surface area (Å²) in [6, 6.07) is 16.9. The molecular weight excluding hydrogens is 432 g/mol. The van der Waals surface area contributed by atoms with Crippen LogP contribution in [0.15, 0.2) is 59.3 Å². The van der Waals surface area contributed by atoms with Gasteiger partial charge in [-0.2, -0.15) is 14.6 Å². The van der Waals surface area contributed by atoms with E-state index in [-0.39, 0.29) is 5.57 Å². The van der Waals surface area contributed by atoms with E-state index in [1.165, 1.54) is 17.8 Å². The minimum absolute atomic E-state index is 0.0267. The number of nitrogens with zero attached hydrogens (tertiary/aromatic N) is 3. The standard InChI is InChI=1S/C22H20N4O3S2/c1-15-4-3-5-19(12-15)29-11-10-28-18-8-6-16(7-9-18)13-17(14-23)20(27)24-21-25-22(30-2)26-31-21/h3-9,12-13H,10-11H2,1-2H3,(H,24,25,26,27)/b17-13-. The number of aromatic nitrogens is 2. The molecule has 0 atom stereocenters. The first kappa shape index (κ1) is 22.3. The Morgan fingerprint density at radius 1 is 1.19 bits per heavy atom. The van der Waals surface area contributed by atoms with Gasteiger partial charge in [0.25, 0.3) is 5.91 Å². The van der Waals surface area contributed by atoms with Crippen molar-refractivity contribution in [1.82, 2.24) is 9.36 Å². The average Bonchev–Trinajstić information content (AvgIpc) is 3.23. The van der Waals surface area contributed by atoms with Gasteiger partial charge in [-0.3, -0.25) is 10.1 Å². The molecule has 158 valence electrons. The smallest absolute Gasteiger partial charge is 0.268 e. The molecule has 0 spiro atoms. The largest absolute Gasteiger partial charge is 0.490 e. The highest BCUT2D eigenvalue weighted by atomic mass is 32.2. The number of carbonyl (C=O) groups is 1. The highest BCUT2D eigenvalue weighted by molar-refractivity contribution is 7.98. The Hall–Kier alpha value is -3.35. The van der Waals surface area contributed by atoms with E-state index in [1.54, 1.807) is 24.3 Å². The first-order valence-electron chi connectivity index (χ1n) is 9.30. The highest BCUT2D eigenvalue weighted by Gasteiger charge is 2.12. The zero-order valence-corrected chi connectivity index (χ0v) is 18.6. The summed E-state index contributed by atoms with van der Waals surface area (Å²) in [6.45, 7) is 2.83. The lowest BCUT2D eigenvalue weighted by Crippen LogP contribution is -2.13. The lowest BCUT2D eigenvalue weighted by Gasteiger charge is -2.09. The molecule has 9 heteroatoms. The number of nitriles is 1. The maximum absolute atomic E-state index is 12.3. The lowest BCUT2D eigenvalue weighted by molar-refractivity contribution is -0.112. The number of benzene rings is 2. The Morgan fingerprint density at radius 2 is 1.94 bits per heavy atom. The van der Waals surface area contributed by atoms with Gasteiger partial charge < -0.3 is 9.47 Å². The number of rotatable bonds is 9. The van der Waals surface area contributed by atoms with Gasteiger partial charge in [-0.25, -0.2) is 0 Å². The van der Waals surface area contributed by atoms with E-state index in [0.29, 0.717) is 34.8 Å². The van der Waals surface area contributed by atoms with Crippen LogP contribution in [0.3, 0.4) is 0 Å². The van der Waals surface area contributed by atoms with Gasteiger partial charge in [0.05, 0.1) is 0 Å². The number of carbonyl (C=O) groups excluding carboxylic acids is 1. The molecule has 3 rings (SSSR count). The molecule has 1 heterocycles. The Labute approximate surface area is 188 Å². The maximum atomic E-state index is 12.3. The van der Waals surface area contributed by atoms with Crippen LogP contribution in [-0.4, -0.2) is 34.7 Å². The van der Waals surface area contributed by atoms with E-state index in [2.05, 4.69) is 14.7 Å². The van der Waals surface area contributed by atoms with Crippen LogP contribution in [0.4, 0.5) is 5.13 Å². The fourth-order valence-electron chi connectivity index (χ4n) is 2.51. The van der Waals surface area contributed by atoms with Crippen molar-refractivity contribution in [3.63, 3.8) is 0 Å². The second-order valence-electron chi connectivity index (χ2n) is 6.29. The van der Waals surface area contributed by atoms with E-state index in [4.69, 9.17) is 9.47 Å². The minimum Gasteiger partial charge on any atom is -0.490 e. The number of aryl methyl sites for hydroxylation is 1. The first-order chi connectivity index (χ1) is 15.1. The van der Waals surface area contributed by atoms with Crippen molar-refractivity contribution in [3.05, 3.63) is 65.2 Å². The molecule has 31 heavy (non-hydrogen) atoms. The van der Waals surface area contributed by atoms with Crippen LogP contribution in [0.5, 0.6) is 11.5 Å². The number of ether oxygens (including phenoxy) is 2. The Morgan fingerprint density at radius 3 is 2.58 bits per heavy atom. The predicted octanol–water partition coefficient (Wildman–Crippen LogP) is 4.57. The molecule has 0 aliphatic rings. The third kappa shape index (κ3) is 6.84. The lowest BCUT2D eigenvalue weighted by atomic mass is 10.1. The van der Waals surface area contributed by atoms with Crippen molar-refractivity contribution in [3.8, 4) is 17.6 Å². The SMILES string of the molecule is CSc1nsc(NC(=O)/C(C#N)=C\c2ccc(OCCOc3cccc(C)c3)cc2)n1. The second kappa shape index (κ2) is 11.2. The van der Waals surface area contributed by atoms with Crippen molar-refractivity contribution >= 4 is 40.4 Å². The monoisotopic (exact) mass is 452 g/mol. The van der Waals surface area contributed by atoms with Crippen molar-refractivity contribution in [2.45, 2.75) is 12.1 Å². The molecule has 0 bridgehead atoms. The Kier molecular flexibility index (Phi) is 8.04. The van der Waals surface area contributed by atoms with Crippen molar-refractivity contribution in [2.75, 3.05) is 24.8 Å². The summed E-state index contributed by atoms with van der Waals surface area (Å²) in [6.07, 6.45) is 3.36. The van der Waals surface area contributed by atoms with Gasteiger partial charge in [0.1, 0.15) is 36.4 Å². The van der Waals surface area contributed by atoms with E-state index >= 15 is 0 Å². The molecule has 3 aromatic rings. The molecule has 0 radical (unpaired) electrons. The molecule has 0 aliphatic heterocycles. The summed E-state index contributed by atoms with van der Waals surface area (Å²) >= 11 is 2.45. The van der Waals surface area contributed by atoms with Gasteiger partial charge in [0, 0.05) is 11.5 Å². The van der Waals surface area contributed by atoms with Gasteiger partial charge >= 0.3 is 0 Å². The Bertz CT molecular complexity index is 1100. The third-order valence-electron chi connectivity index (χ3n) is 3.98. The minimum atomic E-state index is -0.528. The summed E-state index contributed by atoms with van der Waals surface area (Å²) in [5.41, 5.74) is 1.82. The normalized spacial score (nSPS) is 10.9. The summed E-state index contributed by atoms with van der Waals surface area (Å²) in [5, 5.41) is 12.9. The van der Waals surface area contributed by atoms with Gasteiger partial charge in [-0.05, 0) is 54.6 Å². The highest BCUT2D eigenvalue weighted by Crippen LogP contribution is 2.19. The molecule has 1 amide bonds. The fourth-order valence-corrected chi connectivity index (χ4v) is 3.63. The van der Waals surface area contributed by atoms with Crippen LogP contribution in [0.25, 0.3) is 6.08 Å². The zero-order chi connectivity index (χ0) is 22.1. The number of thioether (sulfide) groups is 1. The van der Waals surface area contributed by atoms with Crippen LogP contribution in [0.1, 0.15) is 11.1 Å². The average molecular weight is 453 g/mol.